The molecule has 3 fully saturated rings. The summed E-state index contributed by atoms with van der Waals surface area (Å²) in [7, 11) is 0. The van der Waals surface area contributed by atoms with Crippen LogP contribution in [0, 0.1) is 16.0 Å². The van der Waals surface area contributed by atoms with Crippen molar-refractivity contribution in [3.63, 3.8) is 0 Å². The summed E-state index contributed by atoms with van der Waals surface area (Å²) in [6.45, 7) is 1.19. The highest BCUT2D eigenvalue weighted by Gasteiger charge is 2.72. The van der Waals surface area contributed by atoms with Crippen molar-refractivity contribution in [1.82, 2.24) is 4.90 Å². The highest BCUT2D eigenvalue weighted by Crippen LogP contribution is 2.62. The van der Waals surface area contributed by atoms with Gasteiger partial charge in [-0.05, 0) is 42.9 Å². The smallest absolute Gasteiger partial charge is 0.327 e. The number of carbonyl (C=O) groups excluding carboxylic acids is 1. The van der Waals surface area contributed by atoms with Crippen LogP contribution in [0.15, 0.2) is 24.3 Å². The average molecular weight is 288 g/mol. The van der Waals surface area contributed by atoms with E-state index >= 15 is 0 Å². The minimum absolute atomic E-state index is 0.0464. The van der Waals surface area contributed by atoms with Crippen LogP contribution in [0.1, 0.15) is 24.8 Å². The topological polar surface area (TPSA) is 72.7 Å². The maximum Gasteiger partial charge on any atom is 0.327 e. The number of rotatable bonds is 4. The fourth-order valence-corrected chi connectivity index (χ4v) is 3.84. The zero-order chi connectivity index (χ0) is 14.6. The number of carbonyl (C=O) groups is 1. The van der Waals surface area contributed by atoms with E-state index in [1.807, 2.05) is 0 Å². The number of nitro groups is 1. The normalized spacial score (nSPS) is 32.8. The molecule has 1 aliphatic carbocycles. The van der Waals surface area contributed by atoms with Crippen molar-refractivity contribution in [3.8, 4) is 0 Å². The summed E-state index contributed by atoms with van der Waals surface area (Å²) in [6.07, 6.45) is 3.27. The molecule has 3 atom stereocenters. The molecular weight excluding hydrogens is 272 g/mol. The summed E-state index contributed by atoms with van der Waals surface area (Å²) < 4.78 is 5.46. The summed E-state index contributed by atoms with van der Waals surface area (Å²) in [5.74, 6) is 0.363. The molecule has 6 heteroatoms. The third-order valence-corrected chi connectivity index (χ3v) is 5.16. The Morgan fingerprint density at radius 1 is 1.43 bits per heavy atom. The molecule has 0 bridgehead atoms. The molecule has 2 aliphatic heterocycles. The Bertz CT molecular complexity index is 615. The molecule has 0 N–H and O–H groups in total. The van der Waals surface area contributed by atoms with Crippen LogP contribution >= 0.6 is 0 Å². The van der Waals surface area contributed by atoms with Crippen LogP contribution < -0.4 is 0 Å². The van der Waals surface area contributed by atoms with Crippen LogP contribution in [0.3, 0.4) is 0 Å². The highest BCUT2D eigenvalue weighted by molar-refractivity contribution is 5.86. The zero-order valence-corrected chi connectivity index (χ0v) is 11.5. The molecule has 4 rings (SSSR count). The van der Waals surface area contributed by atoms with Crippen LogP contribution in [-0.4, -0.2) is 33.9 Å². The van der Waals surface area contributed by atoms with Crippen molar-refractivity contribution >= 4 is 11.7 Å². The van der Waals surface area contributed by atoms with Crippen molar-refractivity contribution in [2.24, 2.45) is 5.92 Å². The Hall–Kier alpha value is -1.95. The number of ether oxygens (including phenoxy) is 1. The number of nitrogens with zero attached hydrogens (tertiary/aromatic N) is 2. The van der Waals surface area contributed by atoms with E-state index in [4.69, 9.17) is 4.74 Å². The van der Waals surface area contributed by atoms with Crippen molar-refractivity contribution in [2.45, 2.75) is 37.5 Å². The van der Waals surface area contributed by atoms with Gasteiger partial charge in [-0.25, -0.2) is 0 Å². The summed E-state index contributed by atoms with van der Waals surface area (Å²) in [4.78, 5) is 24.8. The molecule has 1 saturated carbocycles. The minimum atomic E-state index is -0.438. The molecule has 3 unspecified atom stereocenters. The first-order valence-electron chi connectivity index (χ1n) is 7.28. The Balaban J connectivity index is 1.39. The quantitative estimate of drug-likeness (QED) is 0.480. The summed E-state index contributed by atoms with van der Waals surface area (Å²) >= 11 is 0. The van der Waals surface area contributed by atoms with Gasteiger partial charge in [-0.2, -0.15) is 0 Å². The molecule has 21 heavy (non-hydrogen) atoms. The monoisotopic (exact) mass is 288 g/mol. The number of hydrogen-bond donors (Lipinski definition) is 0. The van der Waals surface area contributed by atoms with Gasteiger partial charge in [0.1, 0.15) is 12.1 Å². The summed E-state index contributed by atoms with van der Waals surface area (Å²) in [5, 5.41) is 10.6. The number of fused-ring (bicyclic) bond motifs is 3. The second kappa shape index (κ2) is 4.27. The third-order valence-electron chi connectivity index (χ3n) is 5.16. The maximum atomic E-state index is 12.4. The van der Waals surface area contributed by atoms with E-state index in [-0.39, 0.29) is 23.8 Å². The second-order valence-electron chi connectivity index (χ2n) is 6.20. The molecule has 1 aromatic carbocycles. The minimum Gasteiger partial charge on any atom is -0.459 e. The van der Waals surface area contributed by atoms with Gasteiger partial charge < -0.3 is 4.74 Å². The molecule has 2 heterocycles. The predicted octanol–water partition coefficient (Wildman–Crippen LogP) is 1.87. The first-order valence-corrected chi connectivity index (χ1v) is 7.28. The first kappa shape index (κ1) is 12.8. The molecule has 6 nitrogen and oxygen atoms in total. The number of esters is 1. The predicted molar refractivity (Wildman–Crippen MR) is 73.5 cm³/mol. The summed E-state index contributed by atoms with van der Waals surface area (Å²) in [5.41, 5.74) is 0.495. The van der Waals surface area contributed by atoms with Gasteiger partial charge >= 0.3 is 5.97 Å². The van der Waals surface area contributed by atoms with Gasteiger partial charge in [0.25, 0.3) is 5.69 Å². The average Bonchev–Trinajstić information content (AvgIpc) is 3.11. The van der Waals surface area contributed by atoms with Gasteiger partial charge in [-0.15, -0.1) is 0 Å². The van der Waals surface area contributed by atoms with E-state index in [9.17, 15) is 14.9 Å². The maximum absolute atomic E-state index is 12.4. The Labute approximate surface area is 121 Å². The Morgan fingerprint density at radius 2 is 2.19 bits per heavy atom. The second-order valence-corrected chi connectivity index (χ2v) is 6.20. The fourth-order valence-electron chi connectivity index (χ4n) is 3.84. The molecule has 2 saturated heterocycles. The van der Waals surface area contributed by atoms with Crippen LogP contribution in [0.2, 0.25) is 0 Å². The summed E-state index contributed by atoms with van der Waals surface area (Å²) in [6, 6.07) is 6.73. The number of hydrogen-bond acceptors (Lipinski definition) is 5. The lowest BCUT2D eigenvalue weighted by molar-refractivity contribution is -0.384. The highest BCUT2D eigenvalue weighted by atomic mass is 16.6. The van der Waals surface area contributed by atoms with E-state index in [1.54, 1.807) is 12.1 Å². The van der Waals surface area contributed by atoms with Gasteiger partial charge in [-0.3, -0.25) is 19.8 Å². The van der Waals surface area contributed by atoms with Gasteiger partial charge in [0, 0.05) is 24.7 Å². The molecule has 0 amide bonds. The van der Waals surface area contributed by atoms with Crippen molar-refractivity contribution in [3.05, 3.63) is 39.9 Å². The Kier molecular flexibility index (Phi) is 2.60. The van der Waals surface area contributed by atoms with E-state index in [2.05, 4.69) is 4.90 Å². The lowest BCUT2D eigenvalue weighted by Crippen LogP contribution is -2.54. The molecule has 0 aromatic heterocycles. The molecule has 110 valence electrons. The molecule has 0 radical (unpaired) electrons. The standard InChI is InChI=1S/C15H16N2O4/c18-14(15-8-11(15)7-13-5-6-16(13)15)21-9-10-1-3-12(4-2-10)17(19)20/h1-4,11,13H,5-9H2. The number of benzene rings is 1. The number of nitro benzene ring substituents is 1. The number of piperidine rings is 1. The SMILES string of the molecule is O=C(OCc1ccc([N+](=O)[O-])cc1)C12CC1CC1CCN12. The van der Waals surface area contributed by atoms with Gasteiger partial charge in [0.2, 0.25) is 0 Å². The van der Waals surface area contributed by atoms with E-state index < -0.39 is 4.92 Å². The van der Waals surface area contributed by atoms with Gasteiger partial charge in [0.15, 0.2) is 0 Å². The zero-order valence-electron chi connectivity index (χ0n) is 11.5. The molecule has 3 aliphatic rings. The Morgan fingerprint density at radius 3 is 2.76 bits per heavy atom. The fraction of sp³-hybridized carbons (Fsp3) is 0.533. The van der Waals surface area contributed by atoms with Crippen LogP contribution in [-0.2, 0) is 16.1 Å². The largest absolute Gasteiger partial charge is 0.459 e. The van der Waals surface area contributed by atoms with Crippen molar-refractivity contribution in [1.29, 1.82) is 0 Å². The lowest BCUT2D eigenvalue weighted by atomic mass is 10.0. The molecule has 0 spiro atoms. The van der Waals surface area contributed by atoms with Crippen LogP contribution in [0.4, 0.5) is 5.69 Å². The third kappa shape index (κ3) is 1.78. The van der Waals surface area contributed by atoms with E-state index in [0.717, 1.165) is 24.9 Å². The van der Waals surface area contributed by atoms with Gasteiger partial charge in [-0.1, -0.05) is 0 Å². The molecular formula is C15H16N2O4. The van der Waals surface area contributed by atoms with E-state index in [1.165, 1.54) is 18.6 Å². The number of non-ortho nitro benzene ring substituents is 1. The first-order chi connectivity index (χ1) is 10.1. The van der Waals surface area contributed by atoms with Gasteiger partial charge in [0.05, 0.1) is 4.92 Å². The van der Waals surface area contributed by atoms with Crippen molar-refractivity contribution < 1.29 is 14.5 Å². The lowest BCUT2D eigenvalue weighted by Gasteiger charge is -2.41. The van der Waals surface area contributed by atoms with Crippen LogP contribution in [0.5, 0.6) is 0 Å². The van der Waals surface area contributed by atoms with E-state index in [0.29, 0.717) is 12.0 Å². The van der Waals surface area contributed by atoms with Crippen LogP contribution in [0.25, 0.3) is 0 Å². The van der Waals surface area contributed by atoms with Crippen molar-refractivity contribution in [2.75, 3.05) is 6.54 Å². The molecule has 1 aromatic rings.